The van der Waals surface area contributed by atoms with E-state index in [2.05, 4.69) is 21.2 Å². The molecular formula is C16H23BrN2O4S. The molecule has 1 aliphatic rings. The Morgan fingerprint density at radius 3 is 2.75 bits per heavy atom. The topological polar surface area (TPSA) is 75.7 Å². The van der Waals surface area contributed by atoms with Gasteiger partial charge in [-0.2, -0.15) is 0 Å². The molecule has 0 spiro atoms. The lowest BCUT2D eigenvalue weighted by Crippen LogP contribution is -2.42. The van der Waals surface area contributed by atoms with Crippen LogP contribution in [0.25, 0.3) is 0 Å². The predicted octanol–water partition coefficient (Wildman–Crippen LogP) is 1.58. The van der Waals surface area contributed by atoms with Crippen LogP contribution in [0.4, 0.5) is 0 Å². The summed E-state index contributed by atoms with van der Waals surface area (Å²) in [5, 5.41) is 2.83. The van der Waals surface area contributed by atoms with Crippen molar-refractivity contribution >= 4 is 31.7 Å². The van der Waals surface area contributed by atoms with Gasteiger partial charge in [0.05, 0.1) is 29.6 Å². The number of methoxy groups -OCH3 is 1. The highest BCUT2D eigenvalue weighted by Crippen LogP contribution is 2.26. The van der Waals surface area contributed by atoms with Gasteiger partial charge in [-0.25, -0.2) is 8.42 Å². The van der Waals surface area contributed by atoms with Crippen LogP contribution in [-0.2, 0) is 21.2 Å². The standard InChI is InChI=1S/C16H23BrN2O4S/c1-3-19(9-12-4-5-15(23-2)14(17)8-12)10-16(20)18-13-6-7-24(21,22)11-13/h4-5,8,13H,3,6-7,9-11H2,1-2H3,(H,18,20). The number of likely N-dealkylation sites (N-methyl/N-ethyl adjacent to an activating group) is 1. The minimum Gasteiger partial charge on any atom is -0.496 e. The lowest BCUT2D eigenvalue weighted by atomic mass is 10.2. The maximum atomic E-state index is 12.2. The molecular weight excluding hydrogens is 396 g/mol. The van der Waals surface area contributed by atoms with Crippen molar-refractivity contribution in [2.75, 3.05) is 31.7 Å². The molecule has 1 unspecified atom stereocenters. The van der Waals surface area contributed by atoms with Crippen molar-refractivity contribution in [3.05, 3.63) is 28.2 Å². The third-order valence-electron chi connectivity index (χ3n) is 4.03. The molecule has 24 heavy (non-hydrogen) atoms. The van der Waals surface area contributed by atoms with E-state index in [4.69, 9.17) is 4.74 Å². The number of halogens is 1. The highest BCUT2D eigenvalue weighted by molar-refractivity contribution is 9.10. The van der Waals surface area contributed by atoms with Gasteiger partial charge in [0.25, 0.3) is 0 Å². The summed E-state index contributed by atoms with van der Waals surface area (Å²) in [5.41, 5.74) is 1.07. The number of carbonyl (C=O) groups excluding carboxylic acids is 1. The molecule has 134 valence electrons. The van der Waals surface area contributed by atoms with Crippen molar-refractivity contribution in [3.8, 4) is 5.75 Å². The van der Waals surface area contributed by atoms with Gasteiger partial charge in [-0.1, -0.05) is 13.0 Å². The van der Waals surface area contributed by atoms with Crippen molar-refractivity contribution in [2.24, 2.45) is 0 Å². The molecule has 0 bridgehead atoms. The zero-order valence-electron chi connectivity index (χ0n) is 13.9. The van der Waals surface area contributed by atoms with E-state index in [1.165, 1.54) is 0 Å². The Hall–Kier alpha value is -1.12. The maximum Gasteiger partial charge on any atom is 0.234 e. The Morgan fingerprint density at radius 2 is 2.21 bits per heavy atom. The molecule has 1 amide bonds. The summed E-state index contributed by atoms with van der Waals surface area (Å²) in [5.74, 6) is 0.847. The normalized spacial score (nSPS) is 19.4. The van der Waals surface area contributed by atoms with Gasteiger partial charge in [-0.05, 0) is 46.6 Å². The molecule has 6 nitrogen and oxygen atoms in total. The second-order valence-corrected chi connectivity index (χ2v) is 9.02. The van der Waals surface area contributed by atoms with Gasteiger partial charge in [-0.3, -0.25) is 9.69 Å². The lowest BCUT2D eigenvalue weighted by Gasteiger charge is -2.21. The van der Waals surface area contributed by atoms with Crippen molar-refractivity contribution in [2.45, 2.75) is 25.9 Å². The van der Waals surface area contributed by atoms with Gasteiger partial charge in [0, 0.05) is 12.6 Å². The number of carbonyl (C=O) groups is 1. The molecule has 1 atom stereocenters. The molecule has 8 heteroatoms. The average Bonchev–Trinajstić information content (AvgIpc) is 2.85. The third-order valence-corrected chi connectivity index (χ3v) is 6.42. The zero-order chi connectivity index (χ0) is 17.7. The molecule has 1 aromatic rings. The molecule has 0 radical (unpaired) electrons. The Kier molecular flexibility index (Phi) is 6.65. The van der Waals surface area contributed by atoms with Crippen molar-refractivity contribution in [1.82, 2.24) is 10.2 Å². The second kappa shape index (κ2) is 8.31. The first-order valence-electron chi connectivity index (χ1n) is 7.87. The molecule has 1 fully saturated rings. The van der Waals surface area contributed by atoms with Crippen LogP contribution in [0.1, 0.15) is 18.9 Å². The number of rotatable bonds is 7. The van der Waals surface area contributed by atoms with Crippen molar-refractivity contribution < 1.29 is 17.9 Å². The maximum absolute atomic E-state index is 12.2. The summed E-state index contributed by atoms with van der Waals surface area (Å²) >= 11 is 3.46. The minimum atomic E-state index is -2.98. The predicted molar refractivity (Wildman–Crippen MR) is 96.8 cm³/mol. The number of hydrogen-bond acceptors (Lipinski definition) is 5. The van der Waals surface area contributed by atoms with Crippen LogP contribution in [0, 0.1) is 0 Å². The van der Waals surface area contributed by atoms with Gasteiger partial charge in [0.1, 0.15) is 5.75 Å². The van der Waals surface area contributed by atoms with Gasteiger partial charge in [-0.15, -0.1) is 0 Å². The Bertz CT molecular complexity index is 693. The van der Waals surface area contributed by atoms with Gasteiger partial charge in [0.15, 0.2) is 9.84 Å². The van der Waals surface area contributed by atoms with Gasteiger partial charge < -0.3 is 10.1 Å². The number of ether oxygens (including phenoxy) is 1. The lowest BCUT2D eigenvalue weighted by molar-refractivity contribution is -0.122. The highest BCUT2D eigenvalue weighted by Gasteiger charge is 2.29. The molecule has 0 aromatic heterocycles. The van der Waals surface area contributed by atoms with Crippen LogP contribution in [0.3, 0.4) is 0 Å². The average molecular weight is 419 g/mol. The van der Waals surface area contributed by atoms with E-state index in [1.54, 1.807) is 7.11 Å². The van der Waals surface area contributed by atoms with E-state index in [1.807, 2.05) is 30.0 Å². The van der Waals surface area contributed by atoms with Crippen molar-refractivity contribution in [3.63, 3.8) is 0 Å². The molecule has 1 saturated heterocycles. The molecule has 2 rings (SSSR count). The zero-order valence-corrected chi connectivity index (χ0v) is 16.3. The Labute approximate surface area is 151 Å². The number of nitrogens with zero attached hydrogens (tertiary/aromatic N) is 1. The first-order valence-corrected chi connectivity index (χ1v) is 10.5. The number of nitrogens with one attached hydrogen (secondary N) is 1. The first-order chi connectivity index (χ1) is 11.3. The summed E-state index contributed by atoms with van der Waals surface area (Å²) in [6.07, 6.45) is 0.506. The summed E-state index contributed by atoms with van der Waals surface area (Å²) in [6.45, 7) is 3.60. The highest BCUT2D eigenvalue weighted by atomic mass is 79.9. The van der Waals surface area contributed by atoms with E-state index < -0.39 is 9.84 Å². The summed E-state index contributed by atoms with van der Waals surface area (Å²) < 4.78 is 29.0. The minimum absolute atomic E-state index is 0.0519. The van der Waals surface area contributed by atoms with Crippen LogP contribution >= 0.6 is 15.9 Å². The van der Waals surface area contributed by atoms with Gasteiger partial charge in [0.2, 0.25) is 5.91 Å². The fourth-order valence-corrected chi connectivity index (χ4v) is 4.99. The first kappa shape index (κ1) is 19.2. The second-order valence-electron chi connectivity index (χ2n) is 5.94. The molecule has 1 aliphatic heterocycles. The van der Waals surface area contributed by atoms with Crippen LogP contribution in [-0.4, -0.2) is 57.0 Å². The van der Waals surface area contributed by atoms with E-state index >= 15 is 0 Å². The van der Waals surface area contributed by atoms with E-state index in [0.717, 1.165) is 22.3 Å². The molecule has 1 N–H and O–H groups in total. The number of benzene rings is 1. The van der Waals surface area contributed by atoms with Crippen LogP contribution < -0.4 is 10.1 Å². The monoisotopic (exact) mass is 418 g/mol. The Morgan fingerprint density at radius 1 is 1.46 bits per heavy atom. The van der Waals surface area contributed by atoms with Crippen molar-refractivity contribution in [1.29, 1.82) is 0 Å². The quantitative estimate of drug-likeness (QED) is 0.727. The fraction of sp³-hybridized carbons (Fsp3) is 0.562. The van der Waals surface area contributed by atoms with Crippen LogP contribution in [0.5, 0.6) is 5.75 Å². The third kappa shape index (κ3) is 5.46. The summed E-state index contributed by atoms with van der Waals surface area (Å²) in [4.78, 5) is 14.2. The molecule has 1 heterocycles. The SMILES string of the molecule is CCN(CC(=O)NC1CCS(=O)(=O)C1)Cc1ccc(OC)c(Br)c1. The van der Waals surface area contributed by atoms with E-state index in [9.17, 15) is 13.2 Å². The van der Waals surface area contributed by atoms with Gasteiger partial charge >= 0.3 is 0 Å². The molecule has 0 aliphatic carbocycles. The fourth-order valence-electron chi connectivity index (χ4n) is 2.73. The van der Waals surface area contributed by atoms with E-state index in [0.29, 0.717) is 13.0 Å². The van der Waals surface area contributed by atoms with Crippen LogP contribution in [0.2, 0.25) is 0 Å². The van der Waals surface area contributed by atoms with Crippen LogP contribution in [0.15, 0.2) is 22.7 Å². The largest absolute Gasteiger partial charge is 0.496 e. The molecule has 0 saturated carbocycles. The number of sulfone groups is 1. The Balaban J connectivity index is 1.89. The summed E-state index contributed by atoms with van der Waals surface area (Å²) in [7, 11) is -1.36. The van der Waals surface area contributed by atoms with E-state index in [-0.39, 0.29) is 30.0 Å². The molecule has 1 aromatic carbocycles. The number of amides is 1. The number of hydrogen-bond donors (Lipinski definition) is 1. The smallest absolute Gasteiger partial charge is 0.234 e. The summed E-state index contributed by atoms with van der Waals surface area (Å²) in [6, 6.07) is 5.57.